The lowest BCUT2D eigenvalue weighted by Gasteiger charge is -2.16. The van der Waals surface area contributed by atoms with Crippen LogP contribution in [-0.2, 0) is 16.0 Å². The lowest BCUT2D eigenvalue weighted by molar-refractivity contribution is -0.144. The molecule has 0 saturated carbocycles. The molecule has 1 unspecified atom stereocenters. The fourth-order valence-corrected chi connectivity index (χ4v) is 2.85. The van der Waals surface area contributed by atoms with E-state index in [1.54, 1.807) is 6.07 Å². The normalized spacial score (nSPS) is 13.1. The Hall–Kier alpha value is -2.82. The summed E-state index contributed by atoms with van der Waals surface area (Å²) in [6.45, 7) is 0. The van der Waals surface area contributed by atoms with Crippen LogP contribution in [0.15, 0.2) is 42.5 Å². The third kappa shape index (κ3) is 2.53. The van der Waals surface area contributed by atoms with Gasteiger partial charge in [0.15, 0.2) is 0 Å². The first kappa shape index (κ1) is 14.1. The molecule has 0 heterocycles. The Morgan fingerprint density at radius 2 is 1.77 bits per heavy atom. The fraction of sp³-hybridized carbons (Fsp3) is 0.176. The van der Waals surface area contributed by atoms with Gasteiger partial charge in [-0.05, 0) is 28.3 Å². The predicted octanol–water partition coefficient (Wildman–Crippen LogP) is 2.60. The van der Waals surface area contributed by atoms with Crippen LogP contribution in [0.4, 0.5) is 5.69 Å². The second-order valence-electron chi connectivity index (χ2n) is 5.30. The summed E-state index contributed by atoms with van der Waals surface area (Å²) in [6, 6.07) is 12.5. The second-order valence-corrected chi connectivity index (χ2v) is 5.30. The standard InChI is InChI=1S/C17H15NO4/c19-16(20)9-15(17(21)22)18-14-7-3-6-12-11-5-2-1-4-10(11)8-13(12)14/h1-7,15,18H,8-9H2,(H,19,20)(H,21,22). The van der Waals surface area contributed by atoms with Crippen molar-refractivity contribution in [2.24, 2.45) is 0 Å². The molecule has 22 heavy (non-hydrogen) atoms. The van der Waals surface area contributed by atoms with E-state index in [1.807, 2.05) is 36.4 Å². The Morgan fingerprint density at radius 1 is 1.05 bits per heavy atom. The van der Waals surface area contributed by atoms with Crippen LogP contribution in [0.25, 0.3) is 11.1 Å². The van der Waals surface area contributed by atoms with E-state index in [0.717, 1.165) is 16.7 Å². The van der Waals surface area contributed by atoms with Crippen molar-refractivity contribution < 1.29 is 19.8 Å². The minimum atomic E-state index is -1.17. The summed E-state index contributed by atoms with van der Waals surface area (Å²) in [7, 11) is 0. The molecule has 5 nitrogen and oxygen atoms in total. The van der Waals surface area contributed by atoms with Crippen LogP contribution in [0.2, 0.25) is 0 Å². The van der Waals surface area contributed by atoms with Crippen molar-refractivity contribution in [2.45, 2.75) is 18.9 Å². The smallest absolute Gasteiger partial charge is 0.326 e. The van der Waals surface area contributed by atoms with Crippen molar-refractivity contribution in [1.82, 2.24) is 0 Å². The molecule has 3 rings (SSSR count). The number of nitrogens with one attached hydrogen (secondary N) is 1. The van der Waals surface area contributed by atoms with Crippen molar-refractivity contribution in [3.63, 3.8) is 0 Å². The highest BCUT2D eigenvalue weighted by Gasteiger charge is 2.25. The SMILES string of the molecule is O=C(O)CC(Nc1cccc2c1Cc1ccccc1-2)C(=O)O. The average molecular weight is 297 g/mol. The van der Waals surface area contributed by atoms with Crippen LogP contribution in [0, 0.1) is 0 Å². The molecule has 0 spiro atoms. The maximum atomic E-state index is 11.2. The van der Waals surface area contributed by atoms with Crippen molar-refractivity contribution >= 4 is 17.6 Å². The van der Waals surface area contributed by atoms with Gasteiger partial charge in [-0.15, -0.1) is 0 Å². The highest BCUT2D eigenvalue weighted by Crippen LogP contribution is 2.40. The van der Waals surface area contributed by atoms with Gasteiger partial charge in [0.05, 0.1) is 6.42 Å². The third-order valence-electron chi connectivity index (χ3n) is 3.86. The first-order valence-corrected chi connectivity index (χ1v) is 6.97. The van der Waals surface area contributed by atoms with Crippen molar-refractivity contribution in [1.29, 1.82) is 0 Å². The number of rotatable bonds is 5. The summed E-state index contributed by atoms with van der Waals surface area (Å²) in [4.78, 5) is 22.0. The van der Waals surface area contributed by atoms with Crippen molar-refractivity contribution in [2.75, 3.05) is 5.32 Å². The van der Waals surface area contributed by atoms with Crippen LogP contribution in [-0.4, -0.2) is 28.2 Å². The first-order chi connectivity index (χ1) is 10.6. The van der Waals surface area contributed by atoms with E-state index in [4.69, 9.17) is 5.11 Å². The van der Waals surface area contributed by atoms with Gasteiger partial charge >= 0.3 is 11.9 Å². The van der Waals surface area contributed by atoms with Gasteiger partial charge in [0.1, 0.15) is 6.04 Å². The lowest BCUT2D eigenvalue weighted by atomic mass is 10.0. The van der Waals surface area contributed by atoms with Crippen LogP contribution in [0.1, 0.15) is 17.5 Å². The van der Waals surface area contributed by atoms with Crippen molar-refractivity contribution in [3.05, 3.63) is 53.6 Å². The molecule has 0 saturated heterocycles. The number of hydrogen-bond donors (Lipinski definition) is 3. The Bertz CT molecular complexity index is 754. The molecule has 0 aromatic heterocycles. The summed E-state index contributed by atoms with van der Waals surface area (Å²) in [5.74, 6) is -2.31. The molecule has 1 aliphatic rings. The minimum Gasteiger partial charge on any atom is -0.481 e. The van der Waals surface area contributed by atoms with E-state index < -0.39 is 24.4 Å². The molecule has 2 aromatic carbocycles. The fourth-order valence-electron chi connectivity index (χ4n) is 2.85. The van der Waals surface area contributed by atoms with E-state index in [-0.39, 0.29) is 0 Å². The molecule has 3 N–H and O–H groups in total. The van der Waals surface area contributed by atoms with Gasteiger partial charge in [-0.25, -0.2) is 4.79 Å². The minimum absolute atomic E-state index is 0.466. The zero-order valence-corrected chi connectivity index (χ0v) is 11.7. The van der Waals surface area contributed by atoms with Gasteiger partial charge in [0.25, 0.3) is 0 Å². The number of fused-ring (bicyclic) bond motifs is 3. The molecule has 0 radical (unpaired) electrons. The quantitative estimate of drug-likeness (QED) is 0.674. The van der Waals surface area contributed by atoms with E-state index in [9.17, 15) is 14.7 Å². The van der Waals surface area contributed by atoms with Gasteiger partial charge in [-0.3, -0.25) is 4.79 Å². The van der Waals surface area contributed by atoms with Crippen molar-refractivity contribution in [3.8, 4) is 11.1 Å². The largest absolute Gasteiger partial charge is 0.481 e. The number of carboxylic acids is 2. The average Bonchev–Trinajstić information content (AvgIpc) is 2.86. The van der Waals surface area contributed by atoms with Gasteiger partial charge in [0, 0.05) is 12.1 Å². The summed E-state index contributed by atoms with van der Waals surface area (Å²) in [6.07, 6.45) is 0.250. The second kappa shape index (κ2) is 5.52. The van der Waals surface area contributed by atoms with E-state index >= 15 is 0 Å². The number of carboxylic acid groups (broad SMARTS) is 2. The van der Waals surface area contributed by atoms with E-state index in [1.165, 1.54) is 5.56 Å². The van der Waals surface area contributed by atoms with Crippen LogP contribution >= 0.6 is 0 Å². The third-order valence-corrected chi connectivity index (χ3v) is 3.86. The number of carbonyl (C=O) groups is 2. The molecule has 5 heteroatoms. The summed E-state index contributed by atoms with van der Waals surface area (Å²) < 4.78 is 0. The van der Waals surface area contributed by atoms with Crippen LogP contribution < -0.4 is 5.32 Å². The summed E-state index contributed by atoms with van der Waals surface area (Å²) in [5.41, 5.74) is 5.10. The zero-order valence-electron chi connectivity index (χ0n) is 11.7. The van der Waals surface area contributed by atoms with E-state index in [0.29, 0.717) is 12.1 Å². The first-order valence-electron chi connectivity index (χ1n) is 6.97. The zero-order chi connectivity index (χ0) is 15.7. The topological polar surface area (TPSA) is 86.6 Å². The Labute approximate surface area is 127 Å². The van der Waals surface area contributed by atoms with Gasteiger partial charge < -0.3 is 15.5 Å². The molecule has 0 fully saturated rings. The monoisotopic (exact) mass is 297 g/mol. The highest BCUT2D eigenvalue weighted by molar-refractivity contribution is 5.86. The molecule has 0 amide bonds. The summed E-state index contributed by atoms with van der Waals surface area (Å²) >= 11 is 0. The molecule has 0 aliphatic heterocycles. The Morgan fingerprint density at radius 3 is 2.50 bits per heavy atom. The maximum Gasteiger partial charge on any atom is 0.326 e. The van der Waals surface area contributed by atoms with Gasteiger partial charge in [0.2, 0.25) is 0 Å². The number of hydrogen-bond acceptors (Lipinski definition) is 3. The Balaban J connectivity index is 1.94. The van der Waals surface area contributed by atoms with Crippen LogP contribution in [0.3, 0.4) is 0 Å². The molecular formula is C17H15NO4. The van der Waals surface area contributed by atoms with Gasteiger partial charge in [-0.2, -0.15) is 0 Å². The molecule has 0 bridgehead atoms. The summed E-state index contributed by atoms with van der Waals surface area (Å²) in [5, 5.41) is 20.9. The van der Waals surface area contributed by atoms with Crippen LogP contribution in [0.5, 0.6) is 0 Å². The molecular weight excluding hydrogens is 282 g/mol. The molecule has 2 aromatic rings. The maximum absolute atomic E-state index is 11.2. The predicted molar refractivity (Wildman–Crippen MR) is 82.0 cm³/mol. The van der Waals surface area contributed by atoms with E-state index in [2.05, 4.69) is 5.32 Å². The number of anilines is 1. The molecule has 112 valence electrons. The Kier molecular flexibility index (Phi) is 3.55. The number of benzene rings is 2. The van der Waals surface area contributed by atoms with Gasteiger partial charge in [-0.1, -0.05) is 36.4 Å². The highest BCUT2D eigenvalue weighted by atomic mass is 16.4. The molecule has 1 atom stereocenters. The lowest BCUT2D eigenvalue weighted by Crippen LogP contribution is -2.32. The molecule has 1 aliphatic carbocycles. The number of aliphatic carboxylic acids is 2.